The molecule has 0 aliphatic carbocycles. The molecule has 2 rings (SSSR count). The normalized spacial score (nSPS) is 11.0. The molecule has 27 heavy (non-hydrogen) atoms. The van der Waals surface area contributed by atoms with E-state index in [0.717, 1.165) is 19.2 Å². The fourth-order valence-corrected chi connectivity index (χ4v) is 2.03. The molecule has 2 aromatic rings. The quantitative estimate of drug-likeness (QED) is 0.431. The smallest absolute Gasteiger partial charge is 0.416 e. The molecule has 9 nitrogen and oxygen atoms in total. The van der Waals surface area contributed by atoms with Gasteiger partial charge < -0.3 is 9.47 Å². The number of nitro benzene ring substituents is 2. The molecule has 12 heteroatoms. The maximum Gasteiger partial charge on any atom is 0.416 e. The number of nitrogens with zero attached hydrogens (tertiary/aromatic N) is 2. The van der Waals surface area contributed by atoms with E-state index in [2.05, 4.69) is 4.74 Å². The van der Waals surface area contributed by atoms with E-state index in [4.69, 9.17) is 4.74 Å². The van der Waals surface area contributed by atoms with E-state index in [1.165, 1.54) is 12.1 Å². The number of halogens is 3. The van der Waals surface area contributed by atoms with E-state index in [1.54, 1.807) is 0 Å². The molecule has 0 radical (unpaired) electrons. The van der Waals surface area contributed by atoms with Crippen molar-refractivity contribution >= 4 is 17.3 Å². The summed E-state index contributed by atoms with van der Waals surface area (Å²) in [7, 11) is 1.14. The molecule has 0 spiro atoms. The molecular weight excluding hydrogens is 377 g/mol. The Labute approximate surface area is 148 Å². The number of esters is 1. The third-order valence-corrected chi connectivity index (χ3v) is 3.27. The Bertz CT molecular complexity index is 876. The molecule has 0 saturated heterocycles. The molecule has 0 unspecified atom stereocenters. The van der Waals surface area contributed by atoms with Gasteiger partial charge in [-0.2, -0.15) is 13.2 Å². The van der Waals surface area contributed by atoms with E-state index < -0.39 is 44.7 Å². The second-order valence-corrected chi connectivity index (χ2v) is 4.97. The van der Waals surface area contributed by atoms with Gasteiger partial charge in [-0.05, 0) is 24.3 Å². The summed E-state index contributed by atoms with van der Waals surface area (Å²) in [4.78, 5) is 31.2. The van der Waals surface area contributed by atoms with Crippen molar-refractivity contribution in [2.75, 3.05) is 7.11 Å². The van der Waals surface area contributed by atoms with E-state index in [0.29, 0.717) is 0 Å². The highest BCUT2D eigenvalue weighted by molar-refractivity contribution is 5.89. The van der Waals surface area contributed by atoms with Crippen molar-refractivity contribution in [2.45, 2.75) is 6.18 Å². The number of alkyl halides is 3. The zero-order chi connectivity index (χ0) is 20.4. The van der Waals surface area contributed by atoms with Crippen LogP contribution in [0.3, 0.4) is 0 Å². The predicted molar refractivity (Wildman–Crippen MR) is 82.6 cm³/mol. The van der Waals surface area contributed by atoms with Crippen molar-refractivity contribution in [1.82, 2.24) is 0 Å². The summed E-state index contributed by atoms with van der Waals surface area (Å²) < 4.78 is 48.1. The molecular formula is C15H9F3N2O7. The Morgan fingerprint density at radius 1 is 1.00 bits per heavy atom. The van der Waals surface area contributed by atoms with Crippen molar-refractivity contribution in [3.63, 3.8) is 0 Å². The third kappa shape index (κ3) is 4.29. The second-order valence-electron chi connectivity index (χ2n) is 4.97. The van der Waals surface area contributed by atoms with Gasteiger partial charge in [0.05, 0.1) is 28.1 Å². The molecule has 0 aliphatic heterocycles. The van der Waals surface area contributed by atoms with Gasteiger partial charge in [0.2, 0.25) is 0 Å². The number of ether oxygens (including phenoxy) is 2. The fraction of sp³-hybridized carbons (Fsp3) is 0.133. The van der Waals surface area contributed by atoms with E-state index in [9.17, 15) is 38.2 Å². The van der Waals surface area contributed by atoms with Crippen molar-refractivity contribution < 1.29 is 37.3 Å². The fourth-order valence-electron chi connectivity index (χ4n) is 2.03. The lowest BCUT2D eigenvalue weighted by Gasteiger charge is -2.11. The van der Waals surface area contributed by atoms with Crippen LogP contribution in [-0.2, 0) is 10.9 Å². The topological polar surface area (TPSA) is 122 Å². The lowest BCUT2D eigenvalue weighted by atomic mass is 10.1. The van der Waals surface area contributed by atoms with Gasteiger partial charge in [-0.1, -0.05) is 0 Å². The Morgan fingerprint density at radius 2 is 1.48 bits per heavy atom. The van der Waals surface area contributed by atoms with Crippen LogP contribution in [-0.4, -0.2) is 22.9 Å². The molecule has 0 saturated carbocycles. The summed E-state index contributed by atoms with van der Waals surface area (Å²) in [5.74, 6) is -1.83. The van der Waals surface area contributed by atoms with Crippen LogP contribution in [0, 0.1) is 20.2 Å². The summed E-state index contributed by atoms with van der Waals surface area (Å²) in [6.07, 6.45) is -5.03. The molecule has 0 aliphatic rings. The van der Waals surface area contributed by atoms with Gasteiger partial charge in [-0.25, -0.2) is 4.79 Å². The maximum atomic E-state index is 12.9. The first-order valence-corrected chi connectivity index (χ1v) is 6.95. The highest BCUT2D eigenvalue weighted by atomic mass is 19.4. The molecule has 0 atom stereocenters. The van der Waals surface area contributed by atoms with Crippen LogP contribution in [0.4, 0.5) is 24.5 Å². The largest absolute Gasteiger partial charge is 0.465 e. The molecule has 142 valence electrons. The first-order valence-electron chi connectivity index (χ1n) is 6.95. The number of carbonyl (C=O) groups excluding carboxylic acids is 1. The van der Waals surface area contributed by atoms with Crippen LogP contribution >= 0.6 is 0 Å². The molecule has 0 heterocycles. The zero-order valence-corrected chi connectivity index (χ0v) is 13.4. The van der Waals surface area contributed by atoms with Crippen LogP contribution in [0.1, 0.15) is 15.9 Å². The predicted octanol–water partition coefficient (Wildman–Crippen LogP) is 4.10. The maximum absolute atomic E-state index is 12.9. The Hall–Kier alpha value is -3.70. The zero-order valence-electron chi connectivity index (χ0n) is 13.4. The average molecular weight is 386 g/mol. The average Bonchev–Trinajstić information content (AvgIpc) is 2.60. The Balaban J connectivity index is 2.56. The highest BCUT2D eigenvalue weighted by Crippen LogP contribution is 2.44. The Morgan fingerprint density at radius 3 is 1.85 bits per heavy atom. The van der Waals surface area contributed by atoms with Crippen molar-refractivity contribution in [2.24, 2.45) is 0 Å². The summed E-state index contributed by atoms with van der Waals surface area (Å²) in [6.45, 7) is 0. The molecule has 0 N–H and O–H groups in total. The number of methoxy groups -OCH3 is 1. The summed E-state index contributed by atoms with van der Waals surface area (Å²) in [5, 5.41) is 22.2. The summed E-state index contributed by atoms with van der Waals surface area (Å²) >= 11 is 0. The van der Waals surface area contributed by atoms with Crippen LogP contribution < -0.4 is 4.74 Å². The van der Waals surface area contributed by atoms with Crippen LogP contribution in [0.15, 0.2) is 36.4 Å². The molecule has 0 amide bonds. The van der Waals surface area contributed by atoms with Crippen LogP contribution in [0.2, 0.25) is 0 Å². The minimum absolute atomic E-state index is 0.0984. The van der Waals surface area contributed by atoms with Crippen molar-refractivity contribution in [1.29, 1.82) is 0 Å². The standard InChI is InChI=1S/C15H9F3N2O7/c1-26-14(21)8-2-4-10(5-3-8)27-13-11(19(22)23)6-9(15(16,17)18)7-12(13)20(24)25/h2-7H,1H3. The number of rotatable bonds is 5. The highest BCUT2D eigenvalue weighted by Gasteiger charge is 2.38. The first-order chi connectivity index (χ1) is 12.5. The minimum Gasteiger partial charge on any atom is -0.465 e. The molecule has 0 aromatic heterocycles. The lowest BCUT2D eigenvalue weighted by molar-refractivity contribution is -0.396. The number of carbonyl (C=O) groups is 1. The number of benzene rings is 2. The van der Waals surface area contributed by atoms with Gasteiger partial charge in [0.15, 0.2) is 0 Å². The van der Waals surface area contributed by atoms with Gasteiger partial charge >= 0.3 is 23.5 Å². The summed E-state index contributed by atoms with van der Waals surface area (Å²) in [6, 6.07) is 5.01. The Kier molecular flexibility index (Phi) is 5.28. The minimum atomic E-state index is -5.03. The monoisotopic (exact) mass is 386 g/mol. The summed E-state index contributed by atoms with van der Waals surface area (Å²) in [5.41, 5.74) is -3.92. The van der Waals surface area contributed by atoms with Gasteiger partial charge in [0, 0.05) is 12.1 Å². The lowest BCUT2D eigenvalue weighted by Crippen LogP contribution is -2.08. The SMILES string of the molecule is COC(=O)c1ccc(Oc2c([N+](=O)[O-])cc(C(F)(F)F)cc2[N+](=O)[O-])cc1. The number of nitro groups is 2. The van der Waals surface area contributed by atoms with Crippen LogP contribution in [0.5, 0.6) is 11.5 Å². The van der Waals surface area contributed by atoms with E-state index in [1.807, 2.05) is 0 Å². The van der Waals surface area contributed by atoms with E-state index >= 15 is 0 Å². The third-order valence-electron chi connectivity index (χ3n) is 3.27. The molecule has 2 aromatic carbocycles. The van der Waals surface area contributed by atoms with Crippen LogP contribution in [0.25, 0.3) is 0 Å². The van der Waals surface area contributed by atoms with Gasteiger partial charge in [-0.15, -0.1) is 0 Å². The van der Waals surface area contributed by atoms with E-state index in [-0.39, 0.29) is 23.4 Å². The number of hydrogen-bond donors (Lipinski definition) is 0. The number of hydrogen-bond acceptors (Lipinski definition) is 7. The second kappa shape index (κ2) is 7.27. The molecule has 0 bridgehead atoms. The molecule has 0 fully saturated rings. The van der Waals surface area contributed by atoms with Crippen molar-refractivity contribution in [3.05, 3.63) is 67.8 Å². The van der Waals surface area contributed by atoms with Crippen molar-refractivity contribution in [3.8, 4) is 11.5 Å². The first kappa shape index (κ1) is 19.6. The van der Waals surface area contributed by atoms with Gasteiger partial charge in [0.25, 0.3) is 5.75 Å². The van der Waals surface area contributed by atoms with Gasteiger partial charge in [-0.3, -0.25) is 20.2 Å². The van der Waals surface area contributed by atoms with Gasteiger partial charge in [0.1, 0.15) is 5.75 Å².